The number of nitrogens with zero attached hydrogens (tertiary/aromatic N) is 3. The van der Waals surface area contributed by atoms with Crippen LogP contribution in [0.5, 0.6) is 0 Å². The second-order valence-electron chi connectivity index (χ2n) is 7.34. The van der Waals surface area contributed by atoms with Gasteiger partial charge in [-0.25, -0.2) is 4.98 Å². The van der Waals surface area contributed by atoms with Crippen molar-refractivity contribution in [1.29, 1.82) is 0 Å². The highest BCUT2D eigenvalue weighted by molar-refractivity contribution is 5.83. The van der Waals surface area contributed by atoms with E-state index in [1.807, 2.05) is 6.20 Å². The van der Waals surface area contributed by atoms with Gasteiger partial charge >= 0.3 is 0 Å². The van der Waals surface area contributed by atoms with Gasteiger partial charge in [-0.2, -0.15) is 0 Å². The van der Waals surface area contributed by atoms with Gasteiger partial charge in [-0.05, 0) is 35.7 Å². The van der Waals surface area contributed by atoms with Crippen LogP contribution in [0, 0.1) is 0 Å². The van der Waals surface area contributed by atoms with Crippen molar-refractivity contribution < 1.29 is 5.11 Å². The zero-order chi connectivity index (χ0) is 17.9. The molecule has 1 fully saturated rings. The number of likely N-dealkylation sites (tertiary alicyclic amines) is 1. The number of imidazole rings is 1. The summed E-state index contributed by atoms with van der Waals surface area (Å²) in [5.74, 6) is 1.31. The molecule has 4 heteroatoms. The molecule has 1 N–H and O–H groups in total. The first-order chi connectivity index (χ1) is 12.7. The largest absolute Gasteiger partial charge is 0.391 e. The maximum Gasteiger partial charge on any atom is 0.122 e. The SMILES string of the molecule is CCCn1ccnc1CN1CC[C@@H](c2ccc3ccccc3c2)[C@H](O)C1. The zero-order valence-corrected chi connectivity index (χ0v) is 15.4. The van der Waals surface area contributed by atoms with E-state index >= 15 is 0 Å². The normalized spacial score (nSPS) is 21.3. The fourth-order valence-corrected chi connectivity index (χ4v) is 4.10. The molecule has 4 rings (SSSR count). The molecule has 4 nitrogen and oxygen atoms in total. The lowest BCUT2D eigenvalue weighted by atomic mass is 9.86. The van der Waals surface area contributed by atoms with Gasteiger partial charge in [-0.1, -0.05) is 49.4 Å². The molecule has 0 bridgehead atoms. The number of benzene rings is 2. The summed E-state index contributed by atoms with van der Waals surface area (Å²) < 4.78 is 2.22. The number of rotatable bonds is 5. The first-order valence-electron chi connectivity index (χ1n) is 9.63. The van der Waals surface area contributed by atoms with E-state index in [1.165, 1.54) is 16.3 Å². The smallest absolute Gasteiger partial charge is 0.122 e. The number of β-amino-alcohol motifs (C(OH)–C–C–N with tert-alkyl or cyclic N) is 1. The maximum absolute atomic E-state index is 10.8. The third-order valence-corrected chi connectivity index (χ3v) is 5.50. The summed E-state index contributed by atoms with van der Waals surface area (Å²) in [5.41, 5.74) is 1.25. The summed E-state index contributed by atoms with van der Waals surface area (Å²) in [6.45, 7) is 5.70. The number of hydrogen-bond acceptors (Lipinski definition) is 3. The Morgan fingerprint density at radius 1 is 1.15 bits per heavy atom. The highest BCUT2D eigenvalue weighted by Crippen LogP contribution is 2.31. The molecule has 0 spiro atoms. The van der Waals surface area contributed by atoms with Crippen LogP contribution in [0.3, 0.4) is 0 Å². The lowest BCUT2D eigenvalue weighted by Crippen LogP contribution is -2.42. The van der Waals surface area contributed by atoms with Crippen LogP contribution in [-0.2, 0) is 13.1 Å². The molecular formula is C22H27N3O. The quantitative estimate of drug-likeness (QED) is 0.762. The lowest BCUT2D eigenvalue weighted by Gasteiger charge is -2.36. The predicted molar refractivity (Wildman–Crippen MR) is 105 cm³/mol. The third kappa shape index (κ3) is 3.53. The Labute approximate surface area is 155 Å². The number of aliphatic hydroxyl groups excluding tert-OH is 1. The van der Waals surface area contributed by atoms with Gasteiger partial charge in [-0.3, -0.25) is 4.90 Å². The first-order valence-corrected chi connectivity index (χ1v) is 9.63. The Morgan fingerprint density at radius 3 is 2.81 bits per heavy atom. The van der Waals surface area contributed by atoms with Crippen LogP contribution in [0.4, 0.5) is 0 Å². The average Bonchev–Trinajstić information content (AvgIpc) is 3.09. The molecule has 136 valence electrons. The molecule has 2 atom stereocenters. The van der Waals surface area contributed by atoms with Gasteiger partial charge in [0.25, 0.3) is 0 Å². The van der Waals surface area contributed by atoms with Crippen molar-refractivity contribution in [2.45, 2.75) is 44.9 Å². The van der Waals surface area contributed by atoms with Crippen molar-refractivity contribution in [3.63, 3.8) is 0 Å². The molecule has 2 heterocycles. The highest BCUT2D eigenvalue weighted by atomic mass is 16.3. The Balaban J connectivity index is 1.45. The van der Waals surface area contributed by atoms with E-state index in [2.05, 4.69) is 70.0 Å². The summed E-state index contributed by atoms with van der Waals surface area (Å²) >= 11 is 0. The lowest BCUT2D eigenvalue weighted by molar-refractivity contribution is 0.0460. The molecule has 2 aromatic carbocycles. The van der Waals surface area contributed by atoms with Crippen molar-refractivity contribution >= 4 is 10.8 Å². The number of piperidine rings is 1. The van der Waals surface area contributed by atoms with Gasteiger partial charge in [0.2, 0.25) is 0 Å². The average molecular weight is 349 g/mol. The van der Waals surface area contributed by atoms with Crippen molar-refractivity contribution in [3.05, 3.63) is 66.2 Å². The number of fused-ring (bicyclic) bond motifs is 1. The fourth-order valence-electron chi connectivity index (χ4n) is 4.10. The topological polar surface area (TPSA) is 41.3 Å². The number of aromatic nitrogens is 2. The summed E-state index contributed by atoms with van der Waals surface area (Å²) in [6, 6.07) is 15.0. The van der Waals surface area contributed by atoms with Gasteiger partial charge in [0.15, 0.2) is 0 Å². The van der Waals surface area contributed by atoms with Crippen molar-refractivity contribution in [1.82, 2.24) is 14.5 Å². The van der Waals surface area contributed by atoms with E-state index in [9.17, 15) is 5.11 Å². The van der Waals surface area contributed by atoms with Crippen LogP contribution < -0.4 is 0 Å². The van der Waals surface area contributed by atoms with Crippen LogP contribution in [0.1, 0.15) is 37.1 Å². The zero-order valence-electron chi connectivity index (χ0n) is 15.4. The molecule has 1 saturated heterocycles. The van der Waals surface area contributed by atoms with Gasteiger partial charge in [0.1, 0.15) is 5.82 Å². The molecular weight excluding hydrogens is 322 g/mol. The second-order valence-corrected chi connectivity index (χ2v) is 7.34. The Morgan fingerprint density at radius 2 is 2.00 bits per heavy atom. The van der Waals surface area contributed by atoms with Crippen LogP contribution in [0.25, 0.3) is 10.8 Å². The van der Waals surface area contributed by atoms with Crippen molar-refractivity contribution in [3.8, 4) is 0 Å². The van der Waals surface area contributed by atoms with Crippen LogP contribution in [0.15, 0.2) is 54.9 Å². The van der Waals surface area contributed by atoms with Crippen LogP contribution in [0.2, 0.25) is 0 Å². The van der Waals surface area contributed by atoms with Gasteiger partial charge in [0, 0.05) is 31.4 Å². The Bertz CT molecular complexity index is 872. The summed E-state index contributed by atoms with van der Waals surface area (Å²) in [4.78, 5) is 6.84. The van der Waals surface area contributed by atoms with Crippen molar-refractivity contribution in [2.24, 2.45) is 0 Å². The van der Waals surface area contributed by atoms with E-state index in [0.717, 1.165) is 38.3 Å². The summed E-state index contributed by atoms with van der Waals surface area (Å²) in [5, 5.41) is 13.3. The molecule has 26 heavy (non-hydrogen) atoms. The third-order valence-electron chi connectivity index (χ3n) is 5.50. The molecule has 3 aromatic rings. The number of aliphatic hydroxyl groups is 1. The fraction of sp³-hybridized carbons (Fsp3) is 0.409. The van der Waals surface area contributed by atoms with Gasteiger partial charge in [0.05, 0.1) is 12.6 Å². The predicted octanol–water partition coefficient (Wildman–Crippen LogP) is 3.80. The molecule has 1 aliphatic heterocycles. The maximum atomic E-state index is 10.8. The van der Waals surface area contributed by atoms with E-state index in [0.29, 0.717) is 6.54 Å². The van der Waals surface area contributed by atoms with E-state index < -0.39 is 0 Å². The second kappa shape index (κ2) is 7.60. The molecule has 0 amide bonds. The monoisotopic (exact) mass is 349 g/mol. The standard InChI is InChI=1S/C22H27N3O/c1-2-11-25-13-10-23-22(25)16-24-12-9-20(21(26)15-24)19-8-7-17-5-3-4-6-18(17)14-19/h3-8,10,13-14,20-21,26H,2,9,11-12,15-16H2,1H3/t20-,21+/m0/s1. The molecule has 1 aromatic heterocycles. The van der Waals surface area contributed by atoms with Crippen LogP contribution >= 0.6 is 0 Å². The molecule has 1 aliphatic rings. The first kappa shape index (κ1) is 17.3. The van der Waals surface area contributed by atoms with E-state index in [4.69, 9.17) is 0 Å². The highest BCUT2D eigenvalue weighted by Gasteiger charge is 2.29. The van der Waals surface area contributed by atoms with Gasteiger partial charge in [-0.15, -0.1) is 0 Å². The van der Waals surface area contributed by atoms with E-state index in [1.54, 1.807) is 0 Å². The van der Waals surface area contributed by atoms with Gasteiger partial charge < -0.3 is 9.67 Å². The Kier molecular flexibility index (Phi) is 5.05. The van der Waals surface area contributed by atoms with Crippen molar-refractivity contribution in [2.75, 3.05) is 13.1 Å². The van der Waals surface area contributed by atoms with Crippen LogP contribution in [-0.4, -0.2) is 38.8 Å². The molecule has 0 unspecified atom stereocenters. The minimum atomic E-state index is -0.334. The number of hydrogen-bond donors (Lipinski definition) is 1. The number of aryl methyl sites for hydroxylation is 1. The molecule has 0 radical (unpaired) electrons. The summed E-state index contributed by atoms with van der Waals surface area (Å²) in [7, 11) is 0. The summed E-state index contributed by atoms with van der Waals surface area (Å²) in [6.07, 6.45) is 5.68. The minimum Gasteiger partial charge on any atom is -0.391 e. The minimum absolute atomic E-state index is 0.214. The molecule has 0 saturated carbocycles. The Hall–Kier alpha value is -2.17. The molecule has 0 aliphatic carbocycles. The van der Waals surface area contributed by atoms with E-state index in [-0.39, 0.29) is 12.0 Å².